The van der Waals surface area contributed by atoms with E-state index >= 15 is 0 Å². The van der Waals surface area contributed by atoms with Gasteiger partial charge in [0, 0.05) is 12.6 Å². The lowest BCUT2D eigenvalue weighted by atomic mass is 9.89. The smallest absolute Gasteiger partial charge is 0.173 e. The van der Waals surface area contributed by atoms with Crippen molar-refractivity contribution in [2.24, 2.45) is 5.92 Å². The number of alkyl halides is 1. The molecule has 0 spiro atoms. The summed E-state index contributed by atoms with van der Waals surface area (Å²) >= 11 is 0. The zero-order chi connectivity index (χ0) is 18.1. The molecule has 0 amide bonds. The van der Waals surface area contributed by atoms with Gasteiger partial charge in [-0.15, -0.1) is 0 Å². The molecular weight excluding hydrogens is 317 g/mol. The Morgan fingerprint density at radius 2 is 1.88 bits per heavy atom. The minimum atomic E-state index is -1.44. The summed E-state index contributed by atoms with van der Waals surface area (Å²) in [6.45, 7) is 5.97. The first kappa shape index (κ1) is 17.3. The number of aromatic nitrogens is 1. The number of ether oxygens (including phenoxy) is 1. The van der Waals surface area contributed by atoms with E-state index in [1.807, 2.05) is 32.9 Å². The average Bonchev–Trinajstić information content (AvgIpc) is 2.91. The van der Waals surface area contributed by atoms with Crippen molar-refractivity contribution in [1.82, 2.24) is 4.98 Å². The molecule has 130 valence electrons. The molecule has 1 heterocycles. The SMILES string of the molecule is COC1=C(c2c(C)cc(C)cc2C)C(=O)C(C(F)c2ccccn2)C1. The molecule has 1 aliphatic carbocycles. The Bertz CT molecular complexity index is 819. The molecule has 0 radical (unpaired) electrons. The molecule has 0 saturated carbocycles. The molecule has 0 saturated heterocycles. The summed E-state index contributed by atoms with van der Waals surface area (Å²) < 4.78 is 20.5. The summed E-state index contributed by atoms with van der Waals surface area (Å²) in [6.07, 6.45) is 0.360. The summed E-state index contributed by atoms with van der Waals surface area (Å²) in [6, 6.07) is 9.15. The van der Waals surface area contributed by atoms with Gasteiger partial charge in [0.2, 0.25) is 0 Å². The molecule has 4 heteroatoms. The number of allylic oxidation sites excluding steroid dienone is 2. The Hall–Kier alpha value is -2.49. The first-order chi connectivity index (χ1) is 11.9. The molecule has 1 aromatic carbocycles. The van der Waals surface area contributed by atoms with Gasteiger partial charge in [-0.25, -0.2) is 4.39 Å². The van der Waals surface area contributed by atoms with Gasteiger partial charge in [0.15, 0.2) is 12.0 Å². The predicted octanol–water partition coefficient (Wildman–Crippen LogP) is 4.66. The maximum absolute atomic E-state index is 15.0. The van der Waals surface area contributed by atoms with Crippen molar-refractivity contribution in [2.75, 3.05) is 7.11 Å². The van der Waals surface area contributed by atoms with Crippen LogP contribution in [0.25, 0.3) is 5.57 Å². The standard InChI is InChI=1S/C21H22FNO2/c1-12-9-13(2)18(14(3)10-12)19-17(25-4)11-15(21(19)24)20(22)16-7-5-6-8-23-16/h5-10,15,20H,11H2,1-4H3. The van der Waals surface area contributed by atoms with Crippen molar-refractivity contribution < 1.29 is 13.9 Å². The molecule has 0 fully saturated rings. The normalized spacial score (nSPS) is 18.6. The highest BCUT2D eigenvalue weighted by Crippen LogP contribution is 2.44. The number of benzene rings is 1. The number of methoxy groups -OCH3 is 1. The molecule has 3 rings (SSSR count). The predicted molar refractivity (Wildman–Crippen MR) is 95.8 cm³/mol. The Morgan fingerprint density at radius 1 is 1.20 bits per heavy atom. The molecule has 2 aromatic rings. The molecule has 1 aromatic heterocycles. The van der Waals surface area contributed by atoms with Gasteiger partial charge in [0.25, 0.3) is 0 Å². The number of rotatable bonds is 4. The molecule has 0 aliphatic heterocycles. The number of hydrogen-bond acceptors (Lipinski definition) is 3. The summed E-state index contributed by atoms with van der Waals surface area (Å²) in [7, 11) is 1.54. The number of nitrogens with zero attached hydrogens (tertiary/aromatic N) is 1. The second-order valence-electron chi connectivity index (χ2n) is 6.61. The molecular formula is C21H22FNO2. The van der Waals surface area contributed by atoms with E-state index in [-0.39, 0.29) is 17.9 Å². The van der Waals surface area contributed by atoms with Gasteiger partial charge in [-0.1, -0.05) is 23.8 Å². The minimum Gasteiger partial charge on any atom is -0.500 e. The van der Waals surface area contributed by atoms with E-state index in [1.54, 1.807) is 24.4 Å². The highest BCUT2D eigenvalue weighted by molar-refractivity contribution is 6.25. The second-order valence-corrected chi connectivity index (χ2v) is 6.61. The van der Waals surface area contributed by atoms with Crippen LogP contribution < -0.4 is 0 Å². The summed E-state index contributed by atoms with van der Waals surface area (Å²) in [5.74, 6) is -0.436. The number of hydrogen-bond donors (Lipinski definition) is 0. The van der Waals surface area contributed by atoms with Crippen LogP contribution in [0.15, 0.2) is 42.3 Å². The fraction of sp³-hybridized carbons (Fsp3) is 0.333. The first-order valence-corrected chi connectivity index (χ1v) is 8.38. The fourth-order valence-corrected chi connectivity index (χ4v) is 3.72. The third kappa shape index (κ3) is 3.09. The van der Waals surface area contributed by atoms with Crippen molar-refractivity contribution in [3.05, 3.63) is 70.2 Å². The van der Waals surface area contributed by atoms with E-state index in [0.29, 0.717) is 11.3 Å². The summed E-state index contributed by atoms with van der Waals surface area (Å²) in [4.78, 5) is 17.1. The van der Waals surface area contributed by atoms with Crippen LogP contribution in [0.3, 0.4) is 0 Å². The topological polar surface area (TPSA) is 39.2 Å². The van der Waals surface area contributed by atoms with E-state index in [9.17, 15) is 9.18 Å². The van der Waals surface area contributed by atoms with Crippen LogP contribution >= 0.6 is 0 Å². The van der Waals surface area contributed by atoms with Crippen molar-refractivity contribution >= 4 is 11.4 Å². The van der Waals surface area contributed by atoms with Gasteiger partial charge in [-0.2, -0.15) is 0 Å². The molecule has 0 N–H and O–H groups in total. The number of carbonyl (C=O) groups excluding carboxylic acids is 1. The second kappa shape index (κ2) is 6.79. The molecule has 0 bridgehead atoms. The fourth-order valence-electron chi connectivity index (χ4n) is 3.72. The Balaban J connectivity index is 2.02. The van der Waals surface area contributed by atoms with E-state index in [1.165, 1.54) is 7.11 Å². The Morgan fingerprint density at radius 3 is 2.44 bits per heavy atom. The largest absolute Gasteiger partial charge is 0.500 e. The van der Waals surface area contributed by atoms with Crippen LogP contribution in [-0.4, -0.2) is 17.9 Å². The lowest BCUT2D eigenvalue weighted by Crippen LogP contribution is -2.17. The third-order valence-corrected chi connectivity index (χ3v) is 4.76. The van der Waals surface area contributed by atoms with E-state index in [0.717, 1.165) is 22.3 Å². The van der Waals surface area contributed by atoms with E-state index in [2.05, 4.69) is 4.98 Å². The van der Waals surface area contributed by atoms with E-state index < -0.39 is 12.1 Å². The lowest BCUT2D eigenvalue weighted by molar-refractivity contribution is -0.118. The number of aryl methyl sites for hydroxylation is 3. The number of pyridine rings is 1. The lowest BCUT2D eigenvalue weighted by Gasteiger charge is -2.16. The van der Waals surface area contributed by atoms with Crippen molar-refractivity contribution in [3.63, 3.8) is 0 Å². The highest BCUT2D eigenvalue weighted by Gasteiger charge is 2.41. The maximum atomic E-state index is 15.0. The monoisotopic (exact) mass is 339 g/mol. The quantitative estimate of drug-likeness (QED) is 0.813. The van der Waals surface area contributed by atoms with Crippen molar-refractivity contribution in [1.29, 1.82) is 0 Å². The number of halogens is 1. The van der Waals surface area contributed by atoms with Crippen molar-refractivity contribution in [2.45, 2.75) is 33.4 Å². The molecule has 3 nitrogen and oxygen atoms in total. The van der Waals surface area contributed by atoms with Gasteiger partial charge in [-0.3, -0.25) is 9.78 Å². The highest BCUT2D eigenvalue weighted by atomic mass is 19.1. The summed E-state index contributed by atoms with van der Waals surface area (Å²) in [5, 5.41) is 0. The van der Waals surface area contributed by atoms with Crippen LogP contribution in [0.2, 0.25) is 0 Å². The average molecular weight is 339 g/mol. The van der Waals surface area contributed by atoms with Gasteiger partial charge in [0.1, 0.15) is 5.76 Å². The molecule has 1 aliphatic rings. The van der Waals surface area contributed by atoms with Gasteiger partial charge in [-0.05, 0) is 49.6 Å². The number of ketones is 1. The van der Waals surface area contributed by atoms with Crippen LogP contribution in [0.1, 0.15) is 40.5 Å². The Kier molecular flexibility index (Phi) is 4.71. The van der Waals surface area contributed by atoms with Crippen LogP contribution in [0, 0.1) is 26.7 Å². The molecule has 2 atom stereocenters. The maximum Gasteiger partial charge on any atom is 0.173 e. The zero-order valence-electron chi connectivity index (χ0n) is 15.0. The van der Waals surface area contributed by atoms with Crippen molar-refractivity contribution in [3.8, 4) is 0 Å². The minimum absolute atomic E-state index is 0.204. The van der Waals surface area contributed by atoms with Gasteiger partial charge < -0.3 is 4.74 Å². The zero-order valence-corrected chi connectivity index (χ0v) is 15.0. The van der Waals surface area contributed by atoms with E-state index in [4.69, 9.17) is 4.74 Å². The third-order valence-electron chi connectivity index (χ3n) is 4.76. The number of carbonyl (C=O) groups is 1. The first-order valence-electron chi connectivity index (χ1n) is 8.38. The van der Waals surface area contributed by atoms with Crippen LogP contribution in [-0.2, 0) is 9.53 Å². The number of Topliss-reactive ketones (excluding diaryl/α,β-unsaturated/α-hetero) is 1. The van der Waals surface area contributed by atoms with Gasteiger partial charge >= 0.3 is 0 Å². The molecule has 2 unspecified atom stereocenters. The Labute approximate surface area is 147 Å². The molecule has 25 heavy (non-hydrogen) atoms. The van der Waals surface area contributed by atoms with Gasteiger partial charge in [0.05, 0.1) is 24.3 Å². The van der Waals surface area contributed by atoms with Crippen LogP contribution in [0.5, 0.6) is 0 Å². The summed E-state index contributed by atoms with van der Waals surface area (Å²) in [5.41, 5.74) is 4.81. The van der Waals surface area contributed by atoms with Crippen LogP contribution in [0.4, 0.5) is 4.39 Å².